The molecule has 0 aliphatic carbocycles. The molecule has 2 aromatic heterocycles. The number of piperazine rings is 1. The summed E-state index contributed by atoms with van der Waals surface area (Å²) in [6, 6.07) is 5.35. The Morgan fingerprint density at radius 3 is 2.54 bits per heavy atom. The Bertz CT molecular complexity index is 1420. The van der Waals surface area contributed by atoms with Crippen LogP contribution in [0.15, 0.2) is 30.6 Å². The molecule has 1 aliphatic rings. The van der Waals surface area contributed by atoms with Gasteiger partial charge >= 0.3 is 6.36 Å². The molecule has 0 saturated carbocycles. The third-order valence-electron chi connectivity index (χ3n) is 6.40. The molecule has 2 amide bonds. The average Bonchev–Trinajstić information content (AvgIpc) is 3.39. The standard InChI is InChI=1S/C25H29ClF3N9O3/c1-15-22(26)17(12-31-24(15)41-25(27,28)29)23(40)32-18-11-16(5-6-19(18)37-9-7-36(4)8-10-37)38-14-20(33-34-38)30-13-21(39)35(2)3/h5-6,11-12,14,30H,7-10,13H2,1-4H3,(H,32,40). The molecule has 3 aromatic rings. The average molecular weight is 596 g/mol. The lowest BCUT2D eigenvalue weighted by Gasteiger charge is -2.35. The molecule has 1 fully saturated rings. The molecule has 0 atom stereocenters. The van der Waals surface area contributed by atoms with Crippen molar-refractivity contribution in [2.75, 3.05) is 69.4 Å². The fourth-order valence-corrected chi connectivity index (χ4v) is 4.23. The molecule has 0 radical (unpaired) electrons. The fraction of sp³-hybridized carbons (Fsp3) is 0.400. The second-order valence-corrected chi connectivity index (χ2v) is 9.98. The second kappa shape index (κ2) is 12.2. The third-order valence-corrected chi connectivity index (χ3v) is 6.89. The highest BCUT2D eigenvalue weighted by Crippen LogP contribution is 2.33. The first kappa shape index (κ1) is 29.9. The zero-order valence-corrected chi connectivity index (χ0v) is 23.5. The van der Waals surface area contributed by atoms with Gasteiger partial charge in [-0.2, -0.15) is 0 Å². The van der Waals surface area contributed by atoms with Crippen LogP contribution >= 0.6 is 11.6 Å². The van der Waals surface area contributed by atoms with E-state index in [9.17, 15) is 22.8 Å². The first-order valence-electron chi connectivity index (χ1n) is 12.5. The molecule has 0 bridgehead atoms. The summed E-state index contributed by atoms with van der Waals surface area (Å²) in [5, 5.41) is 13.7. The summed E-state index contributed by atoms with van der Waals surface area (Å²) >= 11 is 6.27. The predicted molar refractivity (Wildman–Crippen MR) is 147 cm³/mol. The van der Waals surface area contributed by atoms with Crippen molar-refractivity contribution in [3.8, 4) is 11.6 Å². The molecule has 0 spiro atoms. The minimum atomic E-state index is -4.96. The quantitative estimate of drug-likeness (QED) is 0.405. The number of alkyl halides is 3. The Morgan fingerprint density at radius 2 is 1.88 bits per heavy atom. The molecule has 4 rings (SSSR count). The van der Waals surface area contributed by atoms with E-state index >= 15 is 0 Å². The van der Waals surface area contributed by atoms with Crippen molar-refractivity contribution < 1.29 is 27.5 Å². The highest BCUT2D eigenvalue weighted by atomic mass is 35.5. The van der Waals surface area contributed by atoms with E-state index in [4.69, 9.17) is 11.6 Å². The van der Waals surface area contributed by atoms with Gasteiger partial charge in [-0.25, -0.2) is 9.67 Å². The first-order chi connectivity index (χ1) is 19.3. The van der Waals surface area contributed by atoms with E-state index in [1.807, 2.05) is 19.2 Å². The van der Waals surface area contributed by atoms with Gasteiger partial charge in [-0.05, 0) is 32.2 Å². The summed E-state index contributed by atoms with van der Waals surface area (Å²) in [7, 11) is 5.32. The van der Waals surface area contributed by atoms with Crippen LogP contribution in [0, 0.1) is 6.92 Å². The predicted octanol–water partition coefficient (Wildman–Crippen LogP) is 3.03. The number of aromatic nitrogens is 4. The van der Waals surface area contributed by atoms with E-state index in [0.717, 1.165) is 25.0 Å². The van der Waals surface area contributed by atoms with E-state index in [1.165, 1.54) is 16.5 Å². The summed E-state index contributed by atoms with van der Waals surface area (Å²) in [6.07, 6.45) is -2.42. The van der Waals surface area contributed by atoms with Crippen LogP contribution in [-0.4, -0.2) is 102 Å². The van der Waals surface area contributed by atoms with Gasteiger partial charge < -0.3 is 30.1 Å². The third kappa shape index (κ3) is 7.35. The van der Waals surface area contributed by atoms with Crippen molar-refractivity contribution >= 4 is 40.6 Å². The fourth-order valence-electron chi connectivity index (χ4n) is 4.02. The van der Waals surface area contributed by atoms with Gasteiger partial charge in [0.2, 0.25) is 11.8 Å². The summed E-state index contributed by atoms with van der Waals surface area (Å²) in [5.74, 6) is -1.16. The van der Waals surface area contributed by atoms with Crippen LogP contribution in [0.1, 0.15) is 15.9 Å². The lowest BCUT2D eigenvalue weighted by atomic mass is 10.1. The van der Waals surface area contributed by atoms with Crippen molar-refractivity contribution in [2.24, 2.45) is 0 Å². The Balaban J connectivity index is 1.63. The van der Waals surface area contributed by atoms with Crippen LogP contribution in [0.25, 0.3) is 5.69 Å². The number of nitrogens with zero attached hydrogens (tertiary/aromatic N) is 7. The zero-order chi connectivity index (χ0) is 29.9. The smallest absolute Gasteiger partial charge is 0.388 e. The van der Waals surface area contributed by atoms with Crippen LogP contribution in [0.2, 0.25) is 5.02 Å². The van der Waals surface area contributed by atoms with Gasteiger partial charge in [-0.15, -0.1) is 18.3 Å². The number of halogens is 4. The maximum atomic E-state index is 13.3. The topological polar surface area (TPSA) is 121 Å². The van der Waals surface area contributed by atoms with Gasteiger partial charge in [-0.3, -0.25) is 9.59 Å². The molecule has 220 valence electrons. The molecular formula is C25H29ClF3N9O3. The Morgan fingerprint density at radius 1 is 1.17 bits per heavy atom. The SMILES string of the molecule is Cc1c(OC(F)(F)F)ncc(C(=O)Nc2cc(-n3cc(NCC(=O)N(C)C)nn3)ccc2N2CCN(C)CC2)c1Cl. The van der Waals surface area contributed by atoms with Crippen LogP contribution in [-0.2, 0) is 4.79 Å². The molecule has 41 heavy (non-hydrogen) atoms. The van der Waals surface area contributed by atoms with Gasteiger partial charge in [0.25, 0.3) is 5.91 Å². The van der Waals surface area contributed by atoms with Crippen LogP contribution < -0.4 is 20.3 Å². The number of amides is 2. The molecule has 1 aromatic carbocycles. The van der Waals surface area contributed by atoms with Crippen molar-refractivity contribution in [1.29, 1.82) is 0 Å². The normalized spacial score (nSPS) is 14.1. The van der Waals surface area contributed by atoms with Gasteiger partial charge in [-0.1, -0.05) is 16.8 Å². The van der Waals surface area contributed by atoms with Crippen LogP contribution in [0.3, 0.4) is 0 Å². The number of carbonyl (C=O) groups is 2. The maximum Gasteiger partial charge on any atom is 0.574 e. The highest BCUT2D eigenvalue weighted by molar-refractivity contribution is 6.35. The molecule has 1 saturated heterocycles. The number of carbonyl (C=O) groups excluding carboxylic acids is 2. The monoisotopic (exact) mass is 595 g/mol. The first-order valence-corrected chi connectivity index (χ1v) is 12.9. The number of likely N-dealkylation sites (N-methyl/N-ethyl adjacent to an activating group) is 2. The molecular weight excluding hydrogens is 567 g/mol. The van der Waals surface area contributed by atoms with Crippen molar-refractivity contribution in [1.82, 2.24) is 29.8 Å². The molecule has 1 aliphatic heterocycles. The lowest BCUT2D eigenvalue weighted by molar-refractivity contribution is -0.276. The van der Waals surface area contributed by atoms with Gasteiger partial charge in [0, 0.05) is 52.0 Å². The van der Waals surface area contributed by atoms with E-state index in [-0.39, 0.29) is 28.6 Å². The molecule has 16 heteroatoms. The number of nitrogens with one attached hydrogen (secondary N) is 2. The van der Waals surface area contributed by atoms with Crippen LogP contribution in [0.4, 0.5) is 30.4 Å². The number of rotatable bonds is 8. The Kier molecular flexibility index (Phi) is 8.87. The number of anilines is 3. The zero-order valence-electron chi connectivity index (χ0n) is 22.8. The number of benzene rings is 1. The van der Waals surface area contributed by atoms with E-state index in [1.54, 1.807) is 26.4 Å². The minimum absolute atomic E-state index is 0.0381. The van der Waals surface area contributed by atoms with Crippen molar-refractivity contribution in [3.63, 3.8) is 0 Å². The second-order valence-electron chi connectivity index (χ2n) is 9.60. The number of ether oxygens (including phenoxy) is 1. The van der Waals surface area contributed by atoms with E-state index in [2.05, 4.69) is 40.5 Å². The van der Waals surface area contributed by atoms with E-state index in [0.29, 0.717) is 30.3 Å². The summed E-state index contributed by atoms with van der Waals surface area (Å²) in [5.41, 5.74) is 1.48. The number of pyridine rings is 1. The molecule has 2 N–H and O–H groups in total. The Labute approximate surface area is 239 Å². The Hall–Kier alpha value is -4.11. The summed E-state index contributed by atoms with van der Waals surface area (Å²) in [6.45, 7) is 4.37. The summed E-state index contributed by atoms with van der Waals surface area (Å²) < 4.78 is 43.5. The van der Waals surface area contributed by atoms with Crippen molar-refractivity contribution in [2.45, 2.75) is 13.3 Å². The molecule has 12 nitrogen and oxygen atoms in total. The number of hydrogen-bond acceptors (Lipinski definition) is 9. The van der Waals surface area contributed by atoms with Gasteiger partial charge in [0.15, 0.2) is 5.82 Å². The minimum Gasteiger partial charge on any atom is -0.388 e. The molecule has 3 heterocycles. The maximum absolute atomic E-state index is 13.3. The number of hydrogen-bond donors (Lipinski definition) is 2. The van der Waals surface area contributed by atoms with Crippen molar-refractivity contribution in [3.05, 3.63) is 46.7 Å². The van der Waals surface area contributed by atoms with Gasteiger partial charge in [0.1, 0.15) is 0 Å². The van der Waals surface area contributed by atoms with Crippen LogP contribution in [0.5, 0.6) is 5.88 Å². The lowest BCUT2D eigenvalue weighted by Crippen LogP contribution is -2.44. The largest absolute Gasteiger partial charge is 0.574 e. The highest BCUT2D eigenvalue weighted by Gasteiger charge is 2.33. The van der Waals surface area contributed by atoms with Gasteiger partial charge in [0.05, 0.1) is 40.4 Å². The molecule has 0 unspecified atom stereocenters. The summed E-state index contributed by atoms with van der Waals surface area (Å²) in [4.78, 5) is 34.6. The van der Waals surface area contributed by atoms with E-state index < -0.39 is 18.1 Å².